The lowest BCUT2D eigenvalue weighted by Gasteiger charge is -2.26. The molecule has 0 aromatic heterocycles. The van der Waals surface area contributed by atoms with Crippen molar-refractivity contribution in [2.45, 2.75) is 57.5 Å². The van der Waals surface area contributed by atoms with Gasteiger partial charge in [-0.3, -0.25) is 4.79 Å². The van der Waals surface area contributed by atoms with Crippen LogP contribution in [0.1, 0.15) is 45.4 Å². The first-order valence-corrected chi connectivity index (χ1v) is 7.36. The second-order valence-electron chi connectivity index (χ2n) is 5.72. The van der Waals surface area contributed by atoms with Crippen LogP contribution in [0.15, 0.2) is 0 Å². The molecule has 1 saturated carbocycles. The van der Waals surface area contributed by atoms with E-state index in [1.165, 1.54) is 25.7 Å². The van der Waals surface area contributed by atoms with Crippen LogP contribution in [0.2, 0.25) is 0 Å². The van der Waals surface area contributed by atoms with Crippen molar-refractivity contribution in [3.05, 3.63) is 0 Å². The zero-order valence-corrected chi connectivity index (χ0v) is 11.4. The van der Waals surface area contributed by atoms with E-state index in [-0.39, 0.29) is 11.9 Å². The molecular weight excluding hydrogens is 228 g/mol. The number of ether oxygens (including phenoxy) is 1. The Morgan fingerprint density at radius 1 is 1.33 bits per heavy atom. The van der Waals surface area contributed by atoms with E-state index in [4.69, 9.17) is 4.74 Å². The summed E-state index contributed by atoms with van der Waals surface area (Å²) in [6, 6.07) is 0.573. The Bertz CT molecular complexity index is 265. The third kappa shape index (κ3) is 4.25. The summed E-state index contributed by atoms with van der Waals surface area (Å²) in [6.45, 7) is 4.54. The molecule has 1 aliphatic heterocycles. The molecule has 1 aliphatic carbocycles. The fraction of sp³-hybridized carbons (Fsp3) is 0.929. The minimum atomic E-state index is 0.178. The topological polar surface area (TPSA) is 50.4 Å². The Balaban J connectivity index is 1.74. The molecule has 2 N–H and O–H groups in total. The maximum absolute atomic E-state index is 12.0. The molecule has 18 heavy (non-hydrogen) atoms. The molecule has 1 amide bonds. The SMILES string of the molecule is CC1CCCCCC1NC(=O)CC1COCCN1. The van der Waals surface area contributed by atoms with Gasteiger partial charge in [-0.2, -0.15) is 0 Å². The van der Waals surface area contributed by atoms with Gasteiger partial charge in [0.15, 0.2) is 0 Å². The Morgan fingerprint density at radius 3 is 2.94 bits per heavy atom. The largest absolute Gasteiger partial charge is 0.378 e. The van der Waals surface area contributed by atoms with Crippen molar-refractivity contribution in [3.8, 4) is 0 Å². The maximum Gasteiger partial charge on any atom is 0.221 e. The molecule has 104 valence electrons. The van der Waals surface area contributed by atoms with Gasteiger partial charge in [0.25, 0.3) is 0 Å². The van der Waals surface area contributed by atoms with E-state index in [0.717, 1.165) is 19.6 Å². The lowest BCUT2D eigenvalue weighted by Crippen LogP contribution is -2.46. The van der Waals surface area contributed by atoms with Crippen molar-refractivity contribution in [1.82, 2.24) is 10.6 Å². The van der Waals surface area contributed by atoms with Crippen LogP contribution in [0.3, 0.4) is 0 Å². The van der Waals surface area contributed by atoms with Crippen molar-refractivity contribution in [2.24, 2.45) is 5.92 Å². The number of nitrogens with one attached hydrogen (secondary N) is 2. The highest BCUT2D eigenvalue weighted by Crippen LogP contribution is 2.23. The number of hydrogen-bond acceptors (Lipinski definition) is 3. The Labute approximate surface area is 110 Å². The van der Waals surface area contributed by atoms with E-state index in [2.05, 4.69) is 17.6 Å². The summed E-state index contributed by atoms with van der Waals surface area (Å²) in [5, 5.41) is 6.55. The number of carbonyl (C=O) groups excluding carboxylic acids is 1. The fourth-order valence-electron chi connectivity index (χ4n) is 2.95. The van der Waals surface area contributed by atoms with Crippen molar-refractivity contribution >= 4 is 5.91 Å². The third-order valence-corrected chi connectivity index (χ3v) is 4.14. The van der Waals surface area contributed by atoms with E-state index in [0.29, 0.717) is 25.0 Å². The molecule has 3 atom stereocenters. The molecule has 1 heterocycles. The molecule has 4 heteroatoms. The highest BCUT2D eigenvalue weighted by Gasteiger charge is 2.23. The molecule has 2 fully saturated rings. The lowest BCUT2D eigenvalue weighted by molar-refractivity contribution is -0.123. The zero-order valence-electron chi connectivity index (χ0n) is 11.4. The second kappa shape index (κ2) is 7.10. The molecule has 3 unspecified atom stereocenters. The van der Waals surface area contributed by atoms with Crippen molar-refractivity contribution < 1.29 is 9.53 Å². The van der Waals surface area contributed by atoms with Crippen LogP contribution in [0.5, 0.6) is 0 Å². The highest BCUT2D eigenvalue weighted by molar-refractivity contribution is 5.77. The minimum absolute atomic E-state index is 0.178. The molecule has 0 radical (unpaired) electrons. The van der Waals surface area contributed by atoms with Crippen molar-refractivity contribution in [1.29, 1.82) is 0 Å². The molecule has 0 spiro atoms. The molecule has 2 rings (SSSR count). The van der Waals surface area contributed by atoms with E-state index in [1.807, 2.05) is 0 Å². The minimum Gasteiger partial charge on any atom is -0.378 e. The zero-order chi connectivity index (χ0) is 12.8. The van der Waals surface area contributed by atoms with Crippen molar-refractivity contribution in [2.75, 3.05) is 19.8 Å². The van der Waals surface area contributed by atoms with Crippen LogP contribution >= 0.6 is 0 Å². The highest BCUT2D eigenvalue weighted by atomic mass is 16.5. The van der Waals surface area contributed by atoms with E-state index < -0.39 is 0 Å². The van der Waals surface area contributed by atoms with Gasteiger partial charge >= 0.3 is 0 Å². The molecule has 0 aromatic carbocycles. The Kier molecular flexibility index (Phi) is 5.45. The number of hydrogen-bond donors (Lipinski definition) is 2. The van der Waals surface area contributed by atoms with Crippen LogP contribution in [-0.4, -0.2) is 37.7 Å². The summed E-state index contributed by atoms with van der Waals surface area (Å²) in [6.07, 6.45) is 6.81. The molecular formula is C14H26N2O2. The summed E-state index contributed by atoms with van der Waals surface area (Å²) in [5.74, 6) is 0.795. The molecule has 0 bridgehead atoms. The lowest BCUT2D eigenvalue weighted by atomic mass is 9.96. The quantitative estimate of drug-likeness (QED) is 0.750. The average molecular weight is 254 g/mol. The van der Waals surface area contributed by atoms with Gasteiger partial charge in [0.2, 0.25) is 5.91 Å². The summed E-state index contributed by atoms with van der Waals surface area (Å²) >= 11 is 0. The van der Waals surface area contributed by atoms with Crippen LogP contribution < -0.4 is 10.6 Å². The van der Waals surface area contributed by atoms with Gasteiger partial charge in [0.1, 0.15) is 0 Å². The van der Waals surface area contributed by atoms with Gasteiger partial charge in [-0.1, -0.05) is 26.2 Å². The summed E-state index contributed by atoms with van der Waals surface area (Å²) in [5.41, 5.74) is 0. The van der Waals surface area contributed by atoms with Gasteiger partial charge in [-0.25, -0.2) is 0 Å². The van der Waals surface area contributed by atoms with Gasteiger partial charge < -0.3 is 15.4 Å². The van der Waals surface area contributed by atoms with E-state index in [9.17, 15) is 4.79 Å². The van der Waals surface area contributed by atoms with Crippen LogP contribution in [0.25, 0.3) is 0 Å². The normalized spacial score (nSPS) is 33.7. The van der Waals surface area contributed by atoms with E-state index >= 15 is 0 Å². The van der Waals surface area contributed by atoms with Crippen molar-refractivity contribution in [3.63, 3.8) is 0 Å². The molecule has 0 aromatic rings. The van der Waals surface area contributed by atoms with Gasteiger partial charge in [-0.15, -0.1) is 0 Å². The van der Waals surface area contributed by atoms with E-state index in [1.54, 1.807) is 0 Å². The Morgan fingerprint density at radius 2 is 2.17 bits per heavy atom. The van der Waals surface area contributed by atoms with Gasteiger partial charge in [0.05, 0.1) is 13.2 Å². The smallest absolute Gasteiger partial charge is 0.221 e. The molecule has 4 nitrogen and oxygen atoms in total. The summed E-state index contributed by atoms with van der Waals surface area (Å²) in [7, 11) is 0. The first-order chi connectivity index (χ1) is 8.75. The maximum atomic E-state index is 12.0. The monoisotopic (exact) mass is 254 g/mol. The van der Waals surface area contributed by atoms with Gasteiger partial charge in [-0.05, 0) is 18.8 Å². The second-order valence-corrected chi connectivity index (χ2v) is 5.72. The summed E-state index contributed by atoms with van der Waals surface area (Å²) in [4.78, 5) is 12.0. The molecule has 1 saturated heterocycles. The first-order valence-electron chi connectivity index (χ1n) is 7.36. The summed E-state index contributed by atoms with van der Waals surface area (Å²) < 4.78 is 5.37. The fourth-order valence-corrected chi connectivity index (χ4v) is 2.95. The third-order valence-electron chi connectivity index (χ3n) is 4.14. The Hall–Kier alpha value is -0.610. The van der Waals surface area contributed by atoms with Gasteiger partial charge in [0, 0.05) is 25.0 Å². The van der Waals surface area contributed by atoms with Crippen LogP contribution in [-0.2, 0) is 9.53 Å². The predicted octanol–water partition coefficient (Wildman–Crippen LogP) is 1.45. The molecule has 2 aliphatic rings. The predicted molar refractivity (Wildman–Crippen MR) is 71.4 cm³/mol. The average Bonchev–Trinajstić information content (AvgIpc) is 2.56. The number of carbonyl (C=O) groups is 1. The number of morpholine rings is 1. The van der Waals surface area contributed by atoms with Crippen LogP contribution in [0, 0.1) is 5.92 Å². The van der Waals surface area contributed by atoms with Crippen LogP contribution in [0.4, 0.5) is 0 Å². The number of amides is 1. The standard InChI is InChI=1S/C14H26N2O2/c1-11-5-3-2-4-6-13(11)16-14(17)9-12-10-18-8-7-15-12/h11-13,15H,2-10H2,1H3,(H,16,17). The number of rotatable bonds is 3. The first kappa shape index (κ1) is 13.8.